The van der Waals surface area contributed by atoms with Gasteiger partial charge in [-0.25, -0.2) is 0 Å². The van der Waals surface area contributed by atoms with Crippen LogP contribution in [-0.2, 0) is 5.60 Å². The zero-order valence-electron chi connectivity index (χ0n) is 11.5. The van der Waals surface area contributed by atoms with Crippen LogP contribution in [0.2, 0.25) is 0 Å². The van der Waals surface area contributed by atoms with Crippen molar-refractivity contribution in [3.63, 3.8) is 0 Å². The molecule has 20 heavy (non-hydrogen) atoms. The molecule has 1 atom stereocenters. The van der Waals surface area contributed by atoms with Crippen LogP contribution in [0.15, 0.2) is 48.5 Å². The van der Waals surface area contributed by atoms with Gasteiger partial charge in [0.05, 0.1) is 14.2 Å². The number of aliphatic hydroxyl groups is 1. The van der Waals surface area contributed by atoms with Crippen LogP contribution in [0.5, 0.6) is 11.5 Å². The third kappa shape index (κ3) is 2.34. The third-order valence-corrected chi connectivity index (χ3v) is 3.20. The highest BCUT2D eigenvalue weighted by Gasteiger charge is 2.32. The highest BCUT2D eigenvalue weighted by atomic mass is 16.5. The van der Waals surface area contributed by atoms with Crippen molar-refractivity contribution >= 4 is 0 Å². The quantitative estimate of drug-likeness (QED) is 0.866. The van der Waals surface area contributed by atoms with E-state index in [0.717, 1.165) is 0 Å². The van der Waals surface area contributed by atoms with Gasteiger partial charge in [-0.1, -0.05) is 36.3 Å². The number of benzene rings is 2. The molecule has 0 aromatic heterocycles. The van der Waals surface area contributed by atoms with Gasteiger partial charge < -0.3 is 14.6 Å². The molecule has 0 amide bonds. The van der Waals surface area contributed by atoms with Gasteiger partial charge in [0.1, 0.15) is 11.5 Å². The first kappa shape index (κ1) is 14.0. The molecule has 0 aliphatic rings. The minimum absolute atomic E-state index is 0.480. The zero-order chi connectivity index (χ0) is 14.6. The Kier molecular flexibility index (Phi) is 3.97. The van der Waals surface area contributed by atoms with Crippen LogP contribution in [0.3, 0.4) is 0 Å². The number of methoxy groups -OCH3 is 2. The molecule has 0 saturated carbocycles. The molecular weight excluding hydrogens is 252 g/mol. The molecule has 2 aromatic carbocycles. The van der Waals surface area contributed by atoms with E-state index in [-0.39, 0.29) is 0 Å². The van der Waals surface area contributed by atoms with Gasteiger partial charge in [0.2, 0.25) is 0 Å². The third-order valence-electron chi connectivity index (χ3n) is 3.20. The Morgan fingerprint density at radius 1 is 1.05 bits per heavy atom. The van der Waals surface area contributed by atoms with Crippen LogP contribution >= 0.6 is 0 Å². The molecule has 0 saturated heterocycles. The number of hydrogen-bond acceptors (Lipinski definition) is 3. The summed E-state index contributed by atoms with van der Waals surface area (Å²) in [5.74, 6) is 3.58. The molecule has 2 aromatic rings. The molecule has 0 fully saturated rings. The standard InChI is InChI=1S/C17H16O3/c1-4-17(18,13-8-6-5-7-9-13)15-11-10-14(19-2)12-16(15)20-3/h1,5-12,18H,2-3H3. The normalized spacial score (nSPS) is 13.1. The summed E-state index contributed by atoms with van der Waals surface area (Å²) in [6.07, 6.45) is 5.58. The molecular formula is C17H16O3. The van der Waals surface area contributed by atoms with Crippen molar-refractivity contribution in [2.45, 2.75) is 5.60 Å². The van der Waals surface area contributed by atoms with Crippen molar-refractivity contribution in [1.82, 2.24) is 0 Å². The lowest BCUT2D eigenvalue weighted by Crippen LogP contribution is -2.25. The average molecular weight is 268 g/mol. The maximum atomic E-state index is 10.9. The van der Waals surface area contributed by atoms with Gasteiger partial charge in [-0.3, -0.25) is 0 Å². The van der Waals surface area contributed by atoms with Crippen LogP contribution in [0, 0.1) is 12.3 Å². The van der Waals surface area contributed by atoms with E-state index in [9.17, 15) is 5.11 Å². The average Bonchev–Trinajstić information content (AvgIpc) is 2.54. The maximum Gasteiger partial charge on any atom is 0.180 e. The molecule has 0 aliphatic carbocycles. The summed E-state index contributed by atoms with van der Waals surface area (Å²) in [6, 6.07) is 14.2. The highest BCUT2D eigenvalue weighted by molar-refractivity contribution is 5.52. The SMILES string of the molecule is C#CC(O)(c1ccccc1)c1ccc(OC)cc1OC. The van der Waals surface area contributed by atoms with Crippen molar-refractivity contribution in [2.75, 3.05) is 14.2 Å². The first-order valence-corrected chi connectivity index (χ1v) is 6.14. The van der Waals surface area contributed by atoms with E-state index in [2.05, 4.69) is 5.92 Å². The summed E-state index contributed by atoms with van der Waals surface area (Å²) in [4.78, 5) is 0. The Balaban J connectivity index is 2.61. The van der Waals surface area contributed by atoms with Crippen molar-refractivity contribution < 1.29 is 14.6 Å². The van der Waals surface area contributed by atoms with Gasteiger partial charge in [-0.2, -0.15) is 0 Å². The van der Waals surface area contributed by atoms with Crippen LogP contribution < -0.4 is 9.47 Å². The van der Waals surface area contributed by atoms with Crippen LogP contribution in [0.25, 0.3) is 0 Å². The van der Waals surface area contributed by atoms with Crippen LogP contribution in [0.1, 0.15) is 11.1 Å². The zero-order valence-corrected chi connectivity index (χ0v) is 11.5. The largest absolute Gasteiger partial charge is 0.497 e. The number of rotatable bonds is 4. The lowest BCUT2D eigenvalue weighted by atomic mass is 9.86. The topological polar surface area (TPSA) is 38.7 Å². The second-order valence-corrected chi connectivity index (χ2v) is 4.29. The first-order chi connectivity index (χ1) is 9.65. The number of ether oxygens (including phenoxy) is 2. The van der Waals surface area contributed by atoms with E-state index >= 15 is 0 Å². The lowest BCUT2D eigenvalue weighted by molar-refractivity contribution is 0.141. The predicted molar refractivity (Wildman–Crippen MR) is 77.8 cm³/mol. The minimum Gasteiger partial charge on any atom is -0.497 e. The summed E-state index contributed by atoms with van der Waals surface area (Å²) in [5, 5.41) is 10.9. The molecule has 1 unspecified atom stereocenters. The van der Waals surface area contributed by atoms with E-state index in [1.807, 2.05) is 18.2 Å². The highest BCUT2D eigenvalue weighted by Crippen LogP contribution is 2.37. The van der Waals surface area contributed by atoms with Gasteiger partial charge in [-0.05, 0) is 12.1 Å². The lowest BCUT2D eigenvalue weighted by Gasteiger charge is -2.25. The molecule has 0 heterocycles. The Hall–Kier alpha value is -2.44. The summed E-state index contributed by atoms with van der Waals surface area (Å²) >= 11 is 0. The first-order valence-electron chi connectivity index (χ1n) is 6.14. The molecule has 0 spiro atoms. The molecule has 0 radical (unpaired) electrons. The summed E-state index contributed by atoms with van der Waals surface area (Å²) in [5.41, 5.74) is -0.417. The summed E-state index contributed by atoms with van der Waals surface area (Å²) in [6.45, 7) is 0. The minimum atomic E-state index is -1.54. The molecule has 2 rings (SSSR count). The Labute approximate surface area is 118 Å². The predicted octanol–water partition coefficient (Wildman–Crippen LogP) is 2.57. The molecule has 1 N–H and O–H groups in total. The van der Waals surface area contributed by atoms with Gasteiger partial charge in [0.15, 0.2) is 5.60 Å². The van der Waals surface area contributed by atoms with Gasteiger partial charge in [0.25, 0.3) is 0 Å². The fraction of sp³-hybridized carbons (Fsp3) is 0.176. The van der Waals surface area contributed by atoms with Gasteiger partial charge in [0, 0.05) is 17.2 Å². The number of hydrogen-bond donors (Lipinski definition) is 1. The van der Waals surface area contributed by atoms with Crippen molar-refractivity contribution in [3.8, 4) is 23.8 Å². The van der Waals surface area contributed by atoms with E-state index in [1.54, 1.807) is 37.4 Å². The van der Waals surface area contributed by atoms with Crippen molar-refractivity contribution in [1.29, 1.82) is 0 Å². The van der Waals surface area contributed by atoms with Crippen LogP contribution in [-0.4, -0.2) is 19.3 Å². The Bertz CT molecular complexity index is 628. The van der Waals surface area contributed by atoms with E-state index in [4.69, 9.17) is 15.9 Å². The van der Waals surface area contributed by atoms with Gasteiger partial charge >= 0.3 is 0 Å². The Morgan fingerprint density at radius 2 is 1.75 bits per heavy atom. The molecule has 0 aliphatic heterocycles. The van der Waals surface area contributed by atoms with Gasteiger partial charge in [-0.15, -0.1) is 6.42 Å². The molecule has 102 valence electrons. The smallest absolute Gasteiger partial charge is 0.180 e. The van der Waals surface area contributed by atoms with Crippen molar-refractivity contribution in [3.05, 3.63) is 59.7 Å². The van der Waals surface area contributed by atoms with E-state index in [1.165, 1.54) is 7.11 Å². The van der Waals surface area contributed by atoms with E-state index in [0.29, 0.717) is 22.6 Å². The van der Waals surface area contributed by atoms with Crippen molar-refractivity contribution in [2.24, 2.45) is 0 Å². The monoisotopic (exact) mass is 268 g/mol. The second kappa shape index (κ2) is 5.68. The van der Waals surface area contributed by atoms with E-state index < -0.39 is 5.60 Å². The molecule has 3 heteroatoms. The maximum absolute atomic E-state index is 10.9. The number of terminal acetylenes is 1. The summed E-state index contributed by atoms with van der Waals surface area (Å²) < 4.78 is 10.5. The van der Waals surface area contributed by atoms with Crippen LogP contribution in [0.4, 0.5) is 0 Å². The molecule has 0 bridgehead atoms. The fourth-order valence-electron chi connectivity index (χ4n) is 2.09. The second-order valence-electron chi connectivity index (χ2n) is 4.29. The fourth-order valence-corrected chi connectivity index (χ4v) is 2.09. The Morgan fingerprint density at radius 3 is 2.30 bits per heavy atom. The summed E-state index contributed by atoms with van der Waals surface area (Å²) in [7, 11) is 3.10. The molecule has 3 nitrogen and oxygen atoms in total.